The summed E-state index contributed by atoms with van der Waals surface area (Å²) in [5.41, 5.74) is 2.76. The van der Waals surface area contributed by atoms with Crippen molar-refractivity contribution in [2.45, 2.75) is 33.9 Å². The molecule has 0 fully saturated rings. The van der Waals surface area contributed by atoms with E-state index in [0.717, 1.165) is 32.1 Å². The Morgan fingerprint density at radius 3 is 2.24 bits per heavy atom. The van der Waals surface area contributed by atoms with Crippen LogP contribution in [0.15, 0.2) is 24.3 Å². The van der Waals surface area contributed by atoms with Gasteiger partial charge in [0.25, 0.3) is 0 Å². The summed E-state index contributed by atoms with van der Waals surface area (Å²) in [6, 6.07) is 8.93. The Balaban J connectivity index is 2.44. The molecule has 0 saturated heterocycles. The molecule has 0 spiro atoms. The Bertz CT molecular complexity index is 303. The first kappa shape index (κ1) is 14.2. The number of nitrogens with zero attached hydrogens (tertiary/aromatic N) is 1. The molecule has 2 heteroatoms. The van der Waals surface area contributed by atoms with Gasteiger partial charge >= 0.3 is 0 Å². The van der Waals surface area contributed by atoms with Crippen LogP contribution in [0.1, 0.15) is 31.9 Å². The van der Waals surface area contributed by atoms with Gasteiger partial charge in [0.05, 0.1) is 0 Å². The molecule has 0 radical (unpaired) electrons. The number of hydrogen-bond donors (Lipinski definition) is 1. The summed E-state index contributed by atoms with van der Waals surface area (Å²) in [6.07, 6.45) is 0. The molecule has 0 unspecified atom stereocenters. The van der Waals surface area contributed by atoms with E-state index in [-0.39, 0.29) is 0 Å². The predicted octanol–water partition coefficient (Wildman–Crippen LogP) is 2.88. The second-order valence-electron chi connectivity index (χ2n) is 5.19. The second-order valence-corrected chi connectivity index (χ2v) is 5.19. The van der Waals surface area contributed by atoms with Crippen LogP contribution in [0.4, 0.5) is 0 Å². The van der Waals surface area contributed by atoms with Gasteiger partial charge in [-0.1, -0.05) is 45.0 Å². The lowest BCUT2D eigenvalue weighted by Crippen LogP contribution is -2.22. The van der Waals surface area contributed by atoms with Gasteiger partial charge < -0.3 is 10.2 Å². The van der Waals surface area contributed by atoms with Gasteiger partial charge in [-0.05, 0) is 30.6 Å². The van der Waals surface area contributed by atoms with Crippen molar-refractivity contribution in [2.75, 3.05) is 20.1 Å². The van der Waals surface area contributed by atoms with Crippen molar-refractivity contribution in [3.05, 3.63) is 35.4 Å². The fourth-order valence-corrected chi connectivity index (χ4v) is 2.03. The number of rotatable bonds is 7. The lowest BCUT2D eigenvalue weighted by atomic mass is 10.1. The van der Waals surface area contributed by atoms with Gasteiger partial charge in [-0.25, -0.2) is 0 Å². The van der Waals surface area contributed by atoms with Crippen molar-refractivity contribution in [2.24, 2.45) is 5.92 Å². The van der Waals surface area contributed by atoms with Crippen molar-refractivity contribution in [3.63, 3.8) is 0 Å². The van der Waals surface area contributed by atoms with E-state index < -0.39 is 0 Å². The van der Waals surface area contributed by atoms with Crippen LogP contribution < -0.4 is 5.32 Å². The molecule has 1 aromatic rings. The smallest absolute Gasteiger partial charge is 0.0230 e. The zero-order chi connectivity index (χ0) is 12.7. The minimum absolute atomic E-state index is 0.730. The van der Waals surface area contributed by atoms with E-state index in [2.05, 4.69) is 62.3 Å². The van der Waals surface area contributed by atoms with Crippen LogP contribution in [0.2, 0.25) is 0 Å². The molecule has 1 N–H and O–H groups in total. The first-order chi connectivity index (χ1) is 8.11. The first-order valence-corrected chi connectivity index (χ1v) is 6.59. The third kappa shape index (κ3) is 5.85. The summed E-state index contributed by atoms with van der Waals surface area (Å²) < 4.78 is 0. The molecule has 0 heterocycles. The molecule has 0 aliphatic heterocycles. The molecule has 0 bridgehead atoms. The molecule has 2 nitrogen and oxygen atoms in total. The van der Waals surface area contributed by atoms with Crippen molar-refractivity contribution in [3.8, 4) is 0 Å². The Kier molecular flexibility index (Phi) is 6.23. The van der Waals surface area contributed by atoms with Gasteiger partial charge in [0.15, 0.2) is 0 Å². The van der Waals surface area contributed by atoms with Crippen molar-refractivity contribution in [1.29, 1.82) is 0 Å². The fraction of sp³-hybridized carbons (Fsp3) is 0.600. The van der Waals surface area contributed by atoms with Gasteiger partial charge in [-0.3, -0.25) is 0 Å². The standard InChI is InChI=1S/C15H26N2/c1-5-16-10-14-6-8-15(9-7-14)12-17(4)11-13(2)3/h6-9,13,16H,5,10-12H2,1-4H3. The molecule has 0 saturated carbocycles. The summed E-state index contributed by atoms with van der Waals surface area (Å²) in [4.78, 5) is 2.38. The normalized spacial score (nSPS) is 11.4. The highest BCUT2D eigenvalue weighted by Gasteiger charge is 2.02. The average Bonchev–Trinajstić information content (AvgIpc) is 2.27. The van der Waals surface area contributed by atoms with Crippen molar-refractivity contribution >= 4 is 0 Å². The SMILES string of the molecule is CCNCc1ccc(CN(C)CC(C)C)cc1. The predicted molar refractivity (Wildman–Crippen MR) is 75.0 cm³/mol. The van der Waals surface area contributed by atoms with E-state index >= 15 is 0 Å². The molecular formula is C15H26N2. The van der Waals surface area contributed by atoms with E-state index in [0.29, 0.717) is 0 Å². The maximum atomic E-state index is 3.34. The van der Waals surface area contributed by atoms with Crippen molar-refractivity contribution < 1.29 is 0 Å². The van der Waals surface area contributed by atoms with Gasteiger partial charge in [0.1, 0.15) is 0 Å². The Morgan fingerprint density at radius 1 is 1.12 bits per heavy atom. The molecule has 1 rings (SSSR count). The lowest BCUT2D eigenvalue weighted by Gasteiger charge is -2.19. The highest BCUT2D eigenvalue weighted by Crippen LogP contribution is 2.08. The van der Waals surface area contributed by atoms with Crippen LogP contribution in [0.3, 0.4) is 0 Å². The van der Waals surface area contributed by atoms with Crippen LogP contribution in [0.25, 0.3) is 0 Å². The summed E-state index contributed by atoms with van der Waals surface area (Å²) in [5, 5.41) is 3.34. The molecule has 0 atom stereocenters. The molecule has 0 amide bonds. The zero-order valence-corrected chi connectivity index (χ0v) is 11.7. The van der Waals surface area contributed by atoms with Gasteiger partial charge in [-0.2, -0.15) is 0 Å². The number of nitrogens with one attached hydrogen (secondary N) is 1. The number of benzene rings is 1. The second kappa shape index (κ2) is 7.46. The minimum atomic E-state index is 0.730. The third-order valence-corrected chi connectivity index (χ3v) is 2.73. The molecule has 0 aliphatic carbocycles. The maximum absolute atomic E-state index is 3.34. The van der Waals surface area contributed by atoms with E-state index in [1.54, 1.807) is 0 Å². The molecule has 1 aromatic carbocycles. The molecule has 17 heavy (non-hydrogen) atoms. The first-order valence-electron chi connectivity index (χ1n) is 6.59. The Hall–Kier alpha value is -0.860. The van der Waals surface area contributed by atoms with Crippen molar-refractivity contribution in [1.82, 2.24) is 10.2 Å². The van der Waals surface area contributed by atoms with Gasteiger partial charge in [0, 0.05) is 19.6 Å². The molecule has 0 aromatic heterocycles. The lowest BCUT2D eigenvalue weighted by molar-refractivity contribution is 0.288. The molecule has 96 valence electrons. The quantitative estimate of drug-likeness (QED) is 0.780. The van der Waals surface area contributed by atoms with Crippen LogP contribution in [-0.2, 0) is 13.1 Å². The van der Waals surface area contributed by atoms with Crippen LogP contribution in [0, 0.1) is 5.92 Å². The minimum Gasteiger partial charge on any atom is -0.313 e. The van der Waals surface area contributed by atoms with Gasteiger partial charge in [0.2, 0.25) is 0 Å². The van der Waals surface area contributed by atoms with E-state index in [1.807, 2.05) is 0 Å². The highest BCUT2D eigenvalue weighted by molar-refractivity contribution is 5.22. The largest absolute Gasteiger partial charge is 0.313 e. The fourth-order valence-electron chi connectivity index (χ4n) is 2.03. The van der Waals surface area contributed by atoms with Gasteiger partial charge in [-0.15, -0.1) is 0 Å². The van der Waals surface area contributed by atoms with E-state index in [4.69, 9.17) is 0 Å². The highest BCUT2D eigenvalue weighted by atomic mass is 15.1. The molecular weight excluding hydrogens is 208 g/mol. The van der Waals surface area contributed by atoms with Crippen LogP contribution >= 0.6 is 0 Å². The monoisotopic (exact) mass is 234 g/mol. The van der Waals surface area contributed by atoms with Crippen LogP contribution in [0.5, 0.6) is 0 Å². The maximum Gasteiger partial charge on any atom is 0.0230 e. The zero-order valence-electron chi connectivity index (χ0n) is 11.7. The molecule has 0 aliphatic rings. The summed E-state index contributed by atoms with van der Waals surface area (Å²) >= 11 is 0. The Labute approximate surface area is 106 Å². The summed E-state index contributed by atoms with van der Waals surface area (Å²) in [7, 11) is 2.19. The van der Waals surface area contributed by atoms with E-state index in [1.165, 1.54) is 11.1 Å². The van der Waals surface area contributed by atoms with E-state index in [9.17, 15) is 0 Å². The summed E-state index contributed by atoms with van der Waals surface area (Å²) in [6.45, 7) is 10.8. The average molecular weight is 234 g/mol. The number of hydrogen-bond acceptors (Lipinski definition) is 2. The van der Waals surface area contributed by atoms with Crippen LogP contribution in [-0.4, -0.2) is 25.0 Å². The Morgan fingerprint density at radius 2 is 1.71 bits per heavy atom. The third-order valence-electron chi connectivity index (χ3n) is 2.73. The topological polar surface area (TPSA) is 15.3 Å². The summed E-state index contributed by atoms with van der Waals surface area (Å²) in [5.74, 6) is 0.730.